The highest BCUT2D eigenvalue weighted by Gasteiger charge is 2.38. The first kappa shape index (κ1) is 22.4. The molecule has 3 heterocycles. The van der Waals surface area contributed by atoms with Crippen LogP contribution in [0.1, 0.15) is 60.9 Å². The second kappa shape index (κ2) is 10.3. The summed E-state index contributed by atoms with van der Waals surface area (Å²) in [5, 5.41) is 0. The third-order valence-electron chi connectivity index (χ3n) is 7.83. The number of para-hydroxylation sites is 1. The largest absolute Gasteiger partial charge is 0.492 e. The summed E-state index contributed by atoms with van der Waals surface area (Å²) in [7, 11) is 0. The molecule has 5 heteroatoms. The van der Waals surface area contributed by atoms with E-state index in [9.17, 15) is 4.79 Å². The lowest BCUT2D eigenvalue weighted by Gasteiger charge is -2.45. The number of amides is 1. The van der Waals surface area contributed by atoms with Crippen LogP contribution in [-0.2, 0) is 6.42 Å². The van der Waals surface area contributed by atoms with E-state index in [2.05, 4.69) is 34.1 Å². The quantitative estimate of drug-likeness (QED) is 0.677. The number of hydrogen-bond donors (Lipinski definition) is 0. The molecule has 5 nitrogen and oxygen atoms in total. The van der Waals surface area contributed by atoms with Gasteiger partial charge in [0, 0.05) is 45.1 Å². The molecule has 5 rings (SSSR count). The lowest BCUT2D eigenvalue weighted by atomic mass is 9.73. The highest BCUT2D eigenvalue weighted by Crippen LogP contribution is 2.40. The first-order valence-electron chi connectivity index (χ1n) is 12.8. The Hall–Kier alpha value is -2.40. The SMILES string of the molecule is O=C(c1cccnc1)N1CCC2(CCCCc3ccccc3OCCN(CC3CC3)C2)CC1. The molecule has 0 bridgehead atoms. The molecule has 0 radical (unpaired) electrons. The molecule has 3 aliphatic rings. The van der Waals surface area contributed by atoms with Crippen molar-refractivity contribution in [2.75, 3.05) is 39.3 Å². The zero-order valence-corrected chi connectivity index (χ0v) is 19.8. The number of piperidine rings is 1. The van der Waals surface area contributed by atoms with Gasteiger partial charge >= 0.3 is 0 Å². The molecule has 0 atom stereocenters. The van der Waals surface area contributed by atoms with Crippen molar-refractivity contribution in [3.05, 3.63) is 59.9 Å². The van der Waals surface area contributed by atoms with E-state index in [0.29, 0.717) is 11.0 Å². The van der Waals surface area contributed by atoms with Crippen LogP contribution in [0, 0.1) is 11.3 Å². The van der Waals surface area contributed by atoms with E-state index >= 15 is 0 Å². The van der Waals surface area contributed by atoms with Gasteiger partial charge in [0.05, 0.1) is 5.56 Å². The molecule has 2 aliphatic heterocycles. The molecule has 2 fully saturated rings. The van der Waals surface area contributed by atoms with Crippen molar-refractivity contribution in [2.24, 2.45) is 11.3 Å². The highest BCUT2D eigenvalue weighted by molar-refractivity contribution is 5.93. The second-order valence-electron chi connectivity index (χ2n) is 10.4. The predicted molar refractivity (Wildman–Crippen MR) is 130 cm³/mol. The van der Waals surface area contributed by atoms with E-state index in [1.165, 1.54) is 44.2 Å². The third kappa shape index (κ3) is 5.75. The van der Waals surface area contributed by atoms with Crippen molar-refractivity contribution < 1.29 is 9.53 Å². The van der Waals surface area contributed by atoms with Crippen LogP contribution in [-0.4, -0.2) is 60.0 Å². The number of benzene rings is 1. The Labute approximate surface area is 198 Å². The molecule has 1 aliphatic carbocycles. The van der Waals surface area contributed by atoms with E-state index < -0.39 is 0 Å². The summed E-state index contributed by atoms with van der Waals surface area (Å²) in [6, 6.07) is 12.3. The Morgan fingerprint density at radius 3 is 2.67 bits per heavy atom. The summed E-state index contributed by atoms with van der Waals surface area (Å²) in [4.78, 5) is 21.8. The van der Waals surface area contributed by atoms with Gasteiger partial charge in [0.1, 0.15) is 12.4 Å². The smallest absolute Gasteiger partial charge is 0.255 e. The number of fused-ring (bicyclic) bond motifs is 1. The highest BCUT2D eigenvalue weighted by atomic mass is 16.5. The van der Waals surface area contributed by atoms with Crippen LogP contribution in [0.15, 0.2) is 48.8 Å². The van der Waals surface area contributed by atoms with Crippen LogP contribution in [0.25, 0.3) is 0 Å². The number of rotatable bonds is 3. The molecular weight excluding hydrogens is 410 g/mol. The summed E-state index contributed by atoms with van der Waals surface area (Å²) in [6.07, 6.45) is 13.1. The number of aryl methyl sites for hydroxylation is 1. The molecule has 1 saturated heterocycles. The number of ether oxygens (including phenoxy) is 1. The average Bonchev–Trinajstić information content (AvgIpc) is 3.67. The molecule has 2 aromatic rings. The van der Waals surface area contributed by atoms with Crippen molar-refractivity contribution in [2.45, 2.75) is 51.4 Å². The summed E-state index contributed by atoms with van der Waals surface area (Å²) >= 11 is 0. The molecule has 1 amide bonds. The number of carbonyl (C=O) groups is 1. The molecule has 1 aromatic carbocycles. The number of pyridine rings is 1. The average molecular weight is 448 g/mol. The standard InChI is InChI=1S/C28H37N3O2/c32-27(25-8-5-15-29-20-25)31-16-13-28(14-17-31)12-4-3-7-24-6-1-2-9-26(24)33-19-18-30(22-28)21-23-10-11-23/h1-2,5-6,8-9,15,20,23H,3-4,7,10-14,16-19,21-22H2. The van der Waals surface area contributed by atoms with Gasteiger partial charge in [-0.2, -0.15) is 0 Å². The van der Waals surface area contributed by atoms with Gasteiger partial charge < -0.3 is 9.64 Å². The van der Waals surface area contributed by atoms with E-state index in [-0.39, 0.29) is 5.91 Å². The Balaban J connectivity index is 1.28. The van der Waals surface area contributed by atoms with Gasteiger partial charge in [-0.25, -0.2) is 0 Å². The normalized spacial score (nSPS) is 22.0. The maximum absolute atomic E-state index is 13.0. The maximum Gasteiger partial charge on any atom is 0.255 e. The van der Waals surface area contributed by atoms with Crippen molar-refractivity contribution in [1.82, 2.24) is 14.8 Å². The van der Waals surface area contributed by atoms with E-state index in [0.717, 1.165) is 63.7 Å². The molecule has 1 spiro atoms. The summed E-state index contributed by atoms with van der Waals surface area (Å²) in [5.74, 6) is 2.07. The van der Waals surface area contributed by atoms with Gasteiger partial charge in [-0.15, -0.1) is 0 Å². The minimum Gasteiger partial charge on any atom is -0.492 e. The fourth-order valence-electron chi connectivity index (χ4n) is 5.67. The Bertz CT molecular complexity index is 920. The number of hydrogen-bond acceptors (Lipinski definition) is 4. The summed E-state index contributed by atoms with van der Waals surface area (Å²) in [5.41, 5.74) is 2.36. The Morgan fingerprint density at radius 2 is 1.88 bits per heavy atom. The number of nitrogens with zero attached hydrogens (tertiary/aromatic N) is 3. The second-order valence-corrected chi connectivity index (χ2v) is 10.4. The molecule has 0 unspecified atom stereocenters. The van der Waals surface area contributed by atoms with E-state index in [4.69, 9.17) is 4.74 Å². The van der Waals surface area contributed by atoms with Gasteiger partial charge in [-0.3, -0.25) is 14.7 Å². The van der Waals surface area contributed by atoms with Crippen LogP contribution in [0.5, 0.6) is 5.75 Å². The number of aromatic nitrogens is 1. The van der Waals surface area contributed by atoms with Crippen LogP contribution < -0.4 is 4.74 Å². The van der Waals surface area contributed by atoms with E-state index in [1.54, 1.807) is 12.4 Å². The van der Waals surface area contributed by atoms with Gasteiger partial charge in [0.15, 0.2) is 0 Å². The Morgan fingerprint density at radius 1 is 1.03 bits per heavy atom. The third-order valence-corrected chi connectivity index (χ3v) is 7.83. The predicted octanol–water partition coefficient (Wildman–Crippen LogP) is 4.82. The zero-order chi connectivity index (χ0) is 22.5. The first-order chi connectivity index (χ1) is 16.2. The topological polar surface area (TPSA) is 45.7 Å². The molecule has 1 aromatic heterocycles. The van der Waals surface area contributed by atoms with Gasteiger partial charge in [0.2, 0.25) is 0 Å². The van der Waals surface area contributed by atoms with Crippen LogP contribution in [0.3, 0.4) is 0 Å². The maximum atomic E-state index is 13.0. The summed E-state index contributed by atoms with van der Waals surface area (Å²) in [6.45, 7) is 5.79. The summed E-state index contributed by atoms with van der Waals surface area (Å²) < 4.78 is 6.27. The number of carbonyl (C=O) groups excluding carboxylic acids is 1. The van der Waals surface area contributed by atoms with Crippen molar-refractivity contribution in [3.63, 3.8) is 0 Å². The van der Waals surface area contributed by atoms with Crippen molar-refractivity contribution in [1.29, 1.82) is 0 Å². The van der Waals surface area contributed by atoms with Crippen LogP contribution in [0.4, 0.5) is 0 Å². The lowest BCUT2D eigenvalue weighted by Crippen LogP contribution is -2.49. The Kier molecular flexibility index (Phi) is 6.96. The van der Waals surface area contributed by atoms with Crippen LogP contribution >= 0.6 is 0 Å². The molecule has 0 N–H and O–H groups in total. The van der Waals surface area contributed by atoms with Gasteiger partial charge in [-0.1, -0.05) is 24.6 Å². The lowest BCUT2D eigenvalue weighted by molar-refractivity contribution is 0.0368. The molecular formula is C28H37N3O2. The molecule has 33 heavy (non-hydrogen) atoms. The minimum absolute atomic E-state index is 0.131. The number of likely N-dealkylation sites (tertiary alicyclic amines) is 1. The fraction of sp³-hybridized carbons (Fsp3) is 0.571. The molecule has 1 saturated carbocycles. The first-order valence-corrected chi connectivity index (χ1v) is 12.8. The van der Waals surface area contributed by atoms with Gasteiger partial charge in [-0.05, 0) is 80.0 Å². The zero-order valence-electron chi connectivity index (χ0n) is 19.8. The van der Waals surface area contributed by atoms with Crippen molar-refractivity contribution in [3.8, 4) is 5.75 Å². The monoisotopic (exact) mass is 447 g/mol. The van der Waals surface area contributed by atoms with Crippen molar-refractivity contribution >= 4 is 5.91 Å². The fourth-order valence-corrected chi connectivity index (χ4v) is 5.67. The minimum atomic E-state index is 0.131. The van der Waals surface area contributed by atoms with Crippen LogP contribution in [0.2, 0.25) is 0 Å². The molecule has 176 valence electrons. The van der Waals surface area contributed by atoms with Gasteiger partial charge in [0.25, 0.3) is 5.91 Å². The van der Waals surface area contributed by atoms with E-state index in [1.807, 2.05) is 17.0 Å².